The van der Waals surface area contributed by atoms with Gasteiger partial charge in [0, 0.05) is 51.2 Å². The maximum absolute atomic E-state index is 12.1. The lowest BCUT2D eigenvalue weighted by Crippen LogP contribution is -2.47. The zero-order valence-corrected chi connectivity index (χ0v) is 19.3. The standard InChI is InChI=1S/C19H37N5O.HI/c1-15(2)18(25)24-12-10-16(14-24)22-19(20-3)21-11-13-23(4)17-8-6-5-7-9-17;/h15-17H,5-14H2,1-4H3,(H2,20,21,22);1H. The molecule has 26 heavy (non-hydrogen) atoms. The fourth-order valence-corrected chi connectivity index (χ4v) is 3.89. The second-order valence-corrected chi connectivity index (χ2v) is 7.84. The molecule has 7 heteroatoms. The minimum absolute atomic E-state index is 0. The van der Waals surface area contributed by atoms with Gasteiger partial charge in [0.15, 0.2) is 5.96 Å². The van der Waals surface area contributed by atoms with Gasteiger partial charge in [-0.1, -0.05) is 33.1 Å². The first-order valence-electron chi connectivity index (χ1n) is 9.97. The minimum Gasteiger partial charge on any atom is -0.355 e. The third-order valence-electron chi connectivity index (χ3n) is 5.51. The highest BCUT2D eigenvalue weighted by atomic mass is 127. The second kappa shape index (κ2) is 12.0. The number of carbonyl (C=O) groups is 1. The largest absolute Gasteiger partial charge is 0.355 e. The maximum Gasteiger partial charge on any atom is 0.225 e. The summed E-state index contributed by atoms with van der Waals surface area (Å²) < 4.78 is 0. The lowest BCUT2D eigenvalue weighted by atomic mass is 9.94. The van der Waals surface area contributed by atoms with E-state index in [0.717, 1.165) is 44.6 Å². The predicted octanol–water partition coefficient (Wildman–Crippen LogP) is 2.29. The van der Waals surface area contributed by atoms with E-state index in [1.54, 1.807) is 0 Å². The van der Waals surface area contributed by atoms with Crippen molar-refractivity contribution in [1.29, 1.82) is 0 Å². The van der Waals surface area contributed by atoms with Crippen LogP contribution in [0.4, 0.5) is 0 Å². The number of rotatable bonds is 6. The van der Waals surface area contributed by atoms with E-state index in [2.05, 4.69) is 27.6 Å². The first-order chi connectivity index (χ1) is 12.0. The molecule has 1 heterocycles. The van der Waals surface area contributed by atoms with Crippen LogP contribution in [0.1, 0.15) is 52.4 Å². The molecule has 1 unspecified atom stereocenters. The summed E-state index contributed by atoms with van der Waals surface area (Å²) in [5.41, 5.74) is 0. The van der Waals surface area contributed by atoms with Gasteiger partial charge < -0.3 is 20.4 Å². The minimum atomic E-state index is 0. The molecular formula is C19H38IN5O. The van der Waals surface area contributed by atoms with E-state index >= 15 is 0 Å². The highest BCUT2D eigenvalue weighted by Gasteiger charge is 2.28. The van der Waals surface area contributed by atoms with E-state index in [1.807, 2.05) is 25.8 Å². The molecule has 1 saturated heterocycles. The number of likely N-dealkylation sites (N-methyl/N-ethyl adjacent to an activating group) is 1. The number of nitrogens with zero attached hydrogens (tertiary/aromatic N) is 3. The first-order valence-corrected chi connectivity index (χ1v) is 9.97. The number of carbonyl (C=O) groups excluding carboxylic acids is 1. The van der Waals surface area contributed by atoms with Gasteiger partial charge in [-0.3, -0.25) is 9.79 Å². The Balaban J connectivity index is 0.00000338. The number of nitrogens with one attached hydrogen (secondary N) is 2. The number of likely N-dealkylation sites (tertiary alicyclic amines) is 1. The fourth-order valence-electron chi connectivity index (χ4n) is 3.89. The van der Waals surface area contributed by atoms with Crippen molar-refractivity contribution >= 4 is 35.8 Å². The Morgan fingerprint density at radius 2 is 1.92 bits per heavy atom. The van der Waals surface area contributed by atoms with Crippen LogP contribution in [0.25, 0.3) is 0 Å². The molecule has 152 valence electrons. The molecule has 0 radical (unpaired) electrons. The van der Waals surface area contributed by atoms with Crippen LogP contribution in [0.5, 0.6) is 0 Å². The molecule has 0 aromatic carbocycles. The summed E-state index contributed by atoms with van der Waals surface area (Å²) in [6.07, 6.45) is 7.81. The quantitative estimate of drug-likeness (QED) is 0.349. The van der Waals surface area contributed by atoms with Crippen LogP contribution in [0.3, 0.4) is 0 Å². The second-order valence-electron chi connectivity index (χ2n) is 7.84. The molecule has 0 spiro atoms. The first kappa shape index (κ1) is 23.5. The van der Waals surface area contributed by atoms with Crippen LogP contribution in [0, 0.1) is 5.92 Å². The van der Waals surface area contributed by atoms with Crippen LogP contribution in [0.2, 0.25) is 0 Å². The third-order valence-corrected chi connectivity index (χ3v) is 5.51. The third kappa shape index (κ3) is 7.21. The molecular weight excluding hydrogens is 441 g/mol. The SMILES string of the molecule is CN=C(NCCN(C)C1CCCCC1)NC1CCN(C(=O)C(C)C)C1.I. The van der Waals surface area contributed by atoms with E-state index in [0.29, 0.717) is 6.04 Å². The Morgan fingerprint density at radius 1 is 1.23 bits per heavy atom. The smallest absolute Gasteiger partial charge is 0.225 e. The average molecular weight is 479 g/mol. The van der Waals surface area contributed by atoms with Gasteiger partial charge in [-0.05, 0) is 26.3 Å². The molecule has 2 rings (SSSR count). The van der Waals surface area contributed by atoms with Gasteiger partial charge in [-0.15, -0.1) is 24.0 Å². The van der Waals surface area contributed by atoms with Gasteiger partial charge in [-0.2, -0.15) is 0 Å². The molecule has 1 aliphatic carbocycles. The number of hydrogen-bond donors (Lipinski definition) is 2. The van der Waals surface area contributed by atoms with E-state index in [1.165, 1.54) is 32.1 Å². The van der Waals surface area contributed by atoms with Gasteiger partial charge >= 0.3 is 0 Å². The molecule has 0 aromatic heterocycles. The Kier molecular flexibility index (Phi) is 10.8. The van der Waals surface area contributed by atoms with Crippen LogP contribution >= 0.6 is 24.0 Å². The van der Waals surface area contributed by atoms with Crippen molar-refractivity contribution in [2.45, 2.75) is 64.5 Å². The lowest BCUT2D eigenvalue weighted by molar-refractivity contribution is -0.133. The van der Waals surface area contributed by atoms with Gasteiger partial charge in [-0.25, -0.2) is 0 Å². The zero-order chi connectivity index (χ0) is 18.2. The summed E-state index contributed by atoms with van der Waals surface area (Å²) >= 11 is 0. The number of aliphatic imine (C=N–C) groups is 1. The van der Waals surface area contributed by atoms with Crippen molar-refractivity contribution in [3.05, 3.63) is 0 Å². The summed E-state index contributed by atoms with van der Waals surface area (Å²) in [7, 11) is 4.05. The molecule has 0 bridgehead atoms. The summed E-state index contributed by atoms with van der Waals surface area (Å²) in [6, 6.07) is 1.04. The van der Waals surface area contributed by atoms with Crippen molar-refractivity contribution < 1.29 is 4.79 Å². The number of guanidine groups is 1. The average Bonchev–Trinajstić information content (AvgIpc) is 3.09. The maximum atomic E-state index is 12.1. The summed E-state index contributed by atoms with van der Waals surface area (Å²) in [5, 5.41) is 6.90. The van der Waals surface area contributed by atoms with Crippen molar-refractivity contribution in [2.24, 2.45) is 10.9 Å². The summed E-state index contributed by atoms with van der Waals surface area (Å²) in [5.74, 6) is 1.17. The fraction of sp³-hybridized carbons (Fsp3) is 0.895. The molecule has 0 aromatic rings. The number of halogens is 1. The van der Waals surface area contributed by atoms with Gasteiger partial charge in [0.05, 0.1) is 0 Å². The highest BCUT2D eigenvalue weighted by Crippen LogP contribution is 2.21. The van der Waals surface area contributed by atoms with Crippen molar-refractivity contribution in [2.75, 3.05) is 40.3 Å². The Morgan fingerprint density at radius 3 is 2.54 bits per heavy atom. The molecule has 1 atom stereocenters. The predicted molar refractivity (Wildman–Crippen MR) is 119 cm³/mol. The van der Waals surface area contributed by atoms with E-state index in [-0.39, 0.29) is 35.8 Å². The van der Waals surface area contributed by atoms with Crippen molar-refractivity contribution in [3.63, 3.8) is 0 Å². The topological polar surface area (TPSA) is 60.0 Å². The molecule has 2 fully saturated rings. The number of hydrogen-bond acceptors (Lipinski definition) is 3. The van der Waals surface area contributed by atoms with E-state index in [9.17, 15) is 4.79 Å². The van der Waals surface area contributed by atoms with Crippen LogP contribution in [0.15, 0.2) is 4.99 Å². The van der Waals surface area contributed by atoms with Gasteiger partial charge in [0.25, 0.3) is 0 Å². The summed E-state index contributed by atoms with van der Waals surface area (Å²) in [4.78, 5) is 20.9. The van der Waals surface area contributed by atoms with Gasteiger partial charge in [0.2, 0.25) is 5.91 Å². The highest BCUT2D eigenvalue weighted by molar-refractivity contribution is 14.0. The Labute approximate surface area is 176 Å². The summed E-state index contributed by atoms with van der Waals surface area (Å²) in [6.45, 7) is 7.48. The van der Waals surface area contributed by atoms with Crippen LogP contribution < -0.4 is 10.6 Å². The molecule has 2 aliphatic rings. The normalized spacial score (nSPS) is 21.8. The van der Waals surface area contributed by atoms with E-state index < -0.39 is 0 Å². The lowest BCUT2D eigenvalue weighted by Gasteiger charge is -2.31. The van der Waals surface area contributed by atoms with Crippen LogP contribution in [-0.2, 0) is 4.79 Å². The molecule has 2 N–H and O–H groups in total. The Hall–Kier alpha value is -0.570. The van der Waals surface area contributed by atoms with Crippen molar-refractivity contribution in [3.8, 4) is 0 Å². The Bertz CT molecular complexity index is 451. The van der Waals surface area contributed by atoms with Gasteiger partial charge in [0.1, 0.15) is 0 Å². The molecule has 1 saturated carbocycles. The molecule has 1 amide bonds. The van der Waals surface area contributed by atoms with E-state index in [4.69, 9.17) is 0 Å². The molecule has 1 aliphatic heterocycles. The zero-order valence-electron chi connectivity index (χ0n) is 17.0. The van der Waals surface area contributed by atoms with Crippen molar-refractivity contribution in [1.82, 2.24) is 20.4 Å². The monoisotopic (exact) mass is 479 g/mol. The van der Waals surface area contributed by atoms with Crippen LogP contribution in [-0.4, -0.2) is 74.0 Å². The number of amides is 1. The molecule has 6 nitrogen and oxygen atoms in total.